The Morgan fingerprint density at radius 2 is 1.73 bits per heavy atom. The average molecular weight is 628 g/mol. The van der Waals surface area contributed by atoms with Gasteiger partial charge in [0, 0.05) is 58.0 Å². The number of nitrogens with zero attached hydrogens (tertiary/aromatic N) is 3. The average Bonchev–Trinajstić information content (AvgIpc) is 3.66. The van der Waals surface area contributed by atoms with Crippen molar-refractivity contribution in [3.8, 4) is 0 Å². The molecule has 0 saturated carbocycles. The van der Waals surface area contributed by atoms with Gasteiger partial charge in [0.15, 0.2) is 5.78 Å². The molecule has 1 spiro atoms. The van der Waals surface area contributed by atoms with Gasteiger partial charge in [-0.2, -0.15) is 13.2 Å². The van der Waals surface area contributed by atoms with Gasteiger partial charge in [-0.1, -0.05) is 36.4 Å². The van der Waals surface area contributed by atoms with E-state index in [9.17, 15) is 27.6 Å². The number of allylic oxidation sites excluding steroid dienone is 1. The van der Waals surface area contributed by atoms with E-state index in [4.69, 9.17) is 4.74 Å². The molecule has 3 fully saturated rings. The van der Waals surface area contributed by atoms with Crippen molar-refractivity contribution in [2.45, 2.75) is 50.4 Å². The third-order valence-corrected chi connectivity index (χ3v) is 10.2. The lowest BCUT2D eigenvalue weighted by atomic mass is 9.89. The summed E-state index contributed by atoms with van der Waals surface area (Å²) in [7, 11) is 0. The zero-order valence-electron chi connectivity index (χ0n) is 24.4. The number of carbonyl (C=O) groups is 3. The van der Waals surface area contributed by atoms with Gasteiger partial charge in [0.05, 0.1) is 22.9 Å². The molecule has 2 amide bonds. The lowest BCUT2D eigenvalue weighted by Crippen LogP contribution is -2.46. The van der Waals surface area contributed by atoms with Crippen molar-refractivity contribution >= 4 is 29.1 Å². The maximum Gasteiger partial charge on any atom is 0.416 e. The van der Waals surface area contributed by atoms with E-state index < -0.39 is 17.3 Å². The molecule has 0 radical (unpaired) electrons. The van der Waals surface area contributed by atoms with E-state index in [0.29, 0.717) is 77.9 Å². The first-order chi connectivity index (χ1) is 21.1. The molecular weight excluding hydrogens is 591 g/mol. The number of ketones is 1. The number of hydrogen-bond donors (Lipinski definition) is 0. The summed E-state index contributed by atoms with van der Waals surface area (Å²) in [5.41, 5.74) is 0.590. The fourth-order valence-electron chi connectivity index (χ4n) is 6.65. The highest BCUT2D eigenvalue weighted by Gasteiger charge is 2.47. The number of amides is 2. The van der Waals surface area contributed by atoms with Crippen LogP contribution >= 0.6 is 11.3 Å². The van der Waals surface area contributed by atoms with Crippen LogP contribution in [0, 0.1) is 11.8 Å². The molecule has 1 atom stereocenters. The fraction of sp³-hybridized carbons (Fsp3) is 0.485. The number of ether oxygens (including phenoxy) is 1. The number of piperidine rings is 2. The molecule has 1 unspecified atom stereocenters. The highest BCUT2D eigenvalue weighted by atomic mass is 32.1. The monoisotopic (exact) mass is 627 g/mol. The van der Waals surface area contributed by atoms with Gasteiger partial charge in [-0.05, 0) is 54.0 Å². The van der Waals surface area contributed by atoms with E-state index >= 15 is 0 Å². The number of Topliss-reactive ketones (excluding diaryl/α,β-unsaturated/α-hetero) is 1. The first-order valence-electron chi connectivity index (χ1n) is 15.2. The molecule has 1 aromatic heterocycles. The summed E-state index contributed by atoms with van der Waals surface area (Å²) in [6.45, 7) is 4.02. The first-order valence-corrected chi connectivity index (χ1v) is 16.1. The molecular formula is C33H36F3N3O4S. The topological polar surface area (TPSA) is 70.2 Å². The second-order valence-electron chi connectivity index (χ2n) is 12.3. The Hall–Kier alpha value is -3.44. The molecule has 1 aromatic carbocycles. The molecule has 234 valence electrons. The standard InChI is InChI=1S/C33H36F3N3O4S/c34-33(35,36)27-9-5-23(6-10-27)20-37-17-13-32(14-18-37)22-39(31(42)43-32)21-24-3-7-26(8-4-24)30(41)38-15-11-25(12-16-38)29(40)28-2-1-19-44-28/h1-7,9-10,19,25-26H,8,11-18,20-22H2. The van der Waals surface area contributed by atoms with E-state index in [1.54, 1.807) is 4.90 Å². The Labute approximate surface area is 258 Å². The van der Waals surface area contributed by atoms with Gasteiger partial charge in [-0.3, -0.25) is 19.4 Å². The molecule has 3 saturated heterocycles. The smallest absolute Gasteiger partial charge is 0.416 e. The van der Waals surface area contributed by atoms with Crippen LogP contribution < -0.4 is 0 Å². The van der Waals surface area contributed by atoms with Crippen LogP contribution in [0.2, 0.25) is 0 Å². The van der Waals surface area contributed by atoms with E-state index in [1.807, 2.05) is 40.6 Å². The minimum absolute atomic E-state index is 0.0270. The predicted octanol–water partition coefficient (Wildman–Crippen LogP) is 6.18. The molecule has 3 aliphatic heterocycles. The predicted molar refractivity (Wildman–Crippen MR) is 160 cm³/mol. The highest BCUT2D eigenvalue weighted by Crippen LogP contribution is 2.35. The van der Waals surface area contributed by atoms with Gasteiger partial charge in [0.1, 0.15) is 5.60 Å². The summed E-state index contributed by atoms with van der Waals surface area (Å²) < 4.78 is 44.5. The molecule has 11 heteroatoms. The van der Waals surface area contributed by atoms with E-state index in [2.05, 4.69) is 4.90 Å². The highest BCUT2D eigenvalue weighted by molar-refractivity contribution is 7.12. The quantitative estimate of drug-likeness (QED) is 0.343. The Morgan fingerprint density at radius 1 is 1.00 bits per heavy atom. The van der Waals surface area contributed by atoms with Crippen molar-refractivity contribution in [2.24, 2.45) is 11.8 Å². The lowest BCUT2D eigenvalue weighted by Gasteiger charge is -2.37. The molecule has 6 rings (SSSR count). The molecule has 0 bridgehead atoms. The van der Waals surface area contributed by atoms with Gasteiger partial charge in [-0.15, -0.1) is 11.3 Å². The van der Waals surface area contributed by atoms with Crippen LogP contribution in [-0.4, -0.2) is 77.4 Å². The Bertz CT molecular complexity index is 1420. The van der Waals surface area contributed by atoms with Crippen LogP contribution in [0.25, 0.3) is 0 Å². The summed E-state index contributed by atoms with van der Waals surface area (Å²) in [6, 6.07) is 9.02. The number of rotatable bonds is 7. The minimum atomic E-state index is -4.34. The number of benzene rings is 1. The molecule has 2 aromatic rings. The molecule has 1 aliphatic carbocycles. The lowest BCUT2D eigenvalue weighted by molar-refractivity contribution is -0.137. The third-order valence-electron chi connectivity index (χ3n) is 9.30. The van der Waals surface area contributed by atoms with Crippen LogP contribution in [0.4, 0.5) is 18.0 Å². The second kappa shape index (κ2) is 12.5. The summed E-state index contributed by atoms with van der Waals surface area (Å²) in [5, 5.41) is 1.91. The molecule has 44 heavy (non-hydrogen) atoms. The Balaban J connectivity index is 0.945. The molecule has 4 aliphatic rings. The van der Waals surface area contributed by atoms with Crippen LogP contribution in [-0.2, 0) is 22.3 Å². The number of halogens is 3. The summed E-state index contributed by atoms with van der Waals surface area (Å²) in [4.78, 5) is 45.2. The zero-order chi connectivity index (χ0) is 30.9. The largest absolute Gasteiger partial charge is 0.441 e. The van der Waals surface area contributed by atoms with Crippen LogP contribution in [0.15, 0.2) is 65.6 Å². The van der Waals surface area contributed by atoms with Gasteiger partial charge in [0.2, 0.25) is 5.91 Å². The minimum Gasteiger partial charge on any atom is -0.441 e. The van der Waals surface area contributed by atoms with Crippen molar-refractivity contribution in [1.82, 2.24) is 14.7 Å². The first kappa shape index (κ1) is 30.6. The second-order valence-corrected chi connectivity index (χ2v) is 13.2. The van der Waals surface area contributed by atoms with Gasteiger partial charge >= 0.3 is 12.3 Å². The van der Waals surface area contributed by atoms with Crippen molar-refractivity contribution in [1.29, 1.82) is 0 Å². The number of thiophene rings is 1. The SMILES string of the molecule is O=C(c1cccs1)C1CCN(C(=O)C2C=CC(CN3CC4(CCN(Cc5ccc(C(F)(F)F)cc5)CC4)OC3=O)=CC2)CC1. The summed E-state index contributed by atoms with van der Waals surface area (Å²) in [5.74, 6) is -0.000588. The normalized spacial score (nSPS) is 22.8. The summed E-state index contributed by atoms with van der Waals surface area (Å²) >= 11 is 1.47. The number of alkyl halides is 3. The maximum atomic E-state index is 13.2. The molecule has 0 N–H and O–H groups in total. The number of hydrogen-bond acceptors (Lipinski definition) is 6. The van der Waals surface area contributed by atoms with Gasteiger partial charge < -0.3 is 9.64 Å². The van der Waals surface area contributed by atoms with Crippen molar-refractivity contribution in [2.75, 3.05) is 39.3 Å². The maximum absolute atomic E-state index is 13.2. The molecule has 4 heterocycles. The van der Waals surface area contributed by atoms with E-state index in [1.165, 1.54) is 23.5 Å². The van der Waals surface area contributed by atoms with Crippen LogP contribution in [0.5, 0.6) is 0 Å². The van der Waals surface area contributed by atoms with Crippen LogP contribution in [0.3, 0.4) is 0 Å². The number of likely N-dealkylation sites (tertiary alicyclic amines) is 2. The Morgan fingerprint density at radius 3 is 2.34 bits per heavy atom. The van der Waals surface area contributed by atoms with E-state index in [-0.39, 0.29) is 29.6 Å². The van der Waals surface area contributed by atoms with E-state index in [0.717, 1.165) is 28.1 Å². The van der Waals surface area contributed by atoms with Crippen LogP contribution in [0.1, 0.15) is 52.9 Å². The number of carbonyl (C=O) groups excluding carboxylic acids is 3. The zero-order valence-corrected chi connectivity index (χ0v) is 25.2. The van der Waals surface area contributed by atoms with Crippen molar-refractivity contribution in [3.05, 3.63) is 81.6 Å². The molecule has 7 nitrogen and oxygen atoms in total. The van der Waals surface area contributed by atoms with Crippen molar-refractivity contribution in [3.63, 3.8) is 0 Å². The van der Waals surface area contributed by atoms with Gasteiger partial charge in [0.25, 0.3) is 0 Å². The fourth-order valence-corrected chi connectivity index (χ4v) is 7.40. The third kappa shape index (κ3) is 6.78. The summed E-state index contributed by atoms with van der Waals surface area (Å²) in [6.07, 6.45) is 4.48. The Kier molecular flexibility index (Phi) is 8.70. The van der Waals surface area contributed by atoms with Gasteiger partial charge in [-0.25, -0.2) is 4.79 Å². The van der Waals surface area contributed by atoms with Crippen molar-refractivity contribution < 1.29 is 32.3 Å².